The minimum absolute atomic E-state index is 0.191. The molecule has 0 aliphatic rings. The molecule has 0 aliphatic heterocycles. The highest BCUT2D eigenvalue weighted by molar-refractivity contribution is 6.38. The zero-order chi connectivity index (χ0) is 35.1. The number of aromatic nitrogens is 1. The fourth-order valence-corrected chi connectivity index (χ4v) is 6.40. The van der Waals surface area contributed by atoms with Crippen LogP contribution in [0.4, 0.5) is 8.78 Å². The van der Waals surface area contributed by atoms with E-state index in [0.29, 0.717) is 59.3 Å². The predicted molar refractivity (Wildman–Crippen MR) is 192 cm³/mol. The van der Waals surface area contributed by atoms with E-state index in [1.54, 1.807) is 54.6 Å². The van der Waals surface area contributed by atoms with Gasteiger partial charge in [0.1, 0.15) is 23.4 Å². The quantitative estimate of drug-likeness (QED) is 0.0912. The molecule has 0 aliphatic carbocycles. The van der Waals surface area contributed by atoms with Gasteiger partial charge in [-0.15, -0.1) is 0 Å². The molecule has 0 saturated heterocycles. The Morgan fingerprint density at radius 1 is 0.837 bits per heavy atom. The molecule has 0 saturated carbocycles. The van der Waals surface area contributed by atoms with Crippen molar-refractivity contribution in [3.63, 3.8) is 0 Å². The van der Waals surface area contributed by atoms with Crippen molar-refractivity contribution in [3.8, 4) is 22.6 Å². The Balaban J connectivity index is 1.34. The van der Waals surface area contributed by atoms with E-state index in [1.165, 1.54) is 34.9 Å². The Morgan fingerprint density at radius 2 is 1.55 bits per heavy atom. The summed E-state index contributed by atoms with van der Waals surface area (Å²) in [6.07, 6.45) is 1.62. The molecule has 1 aromatic heterocycles. The van der Waals surface area contributed by atoms with Crippen LogP contribution < -0.4 is 15.6 Å². The van der Waals surface area contributed by atoms with Gasteiger partial charge in [-0.2, -0.15) is 0 Å². The van der Waals surface area contributed by atoms with Crippen LogP contribution in [0.5, 0.6) is 5.75 Å². The van der Waals surface area contributed by atoms with Crippen LogP contribution in [-0.2, 0) is 16.0 Å². The van der Waals surface area contributed by atoms with Gasteiger partial charge < -0.3 is 14.8 Å². The smallest absolute Gasteiger partial charge is 0.323 e. The van der Waals surface area contributed by atoms with Gasteiger partial charge in [-0.3, -0.25) is 14.2 Å². The molecule has 4 aromatic carbocycles. The van der Waals surface area contributed by atoms with Crippen LogP contribution in [0.25, 0.3) is 27.7 Å². The molecule has 1 heterocycles. The zero-order valence-corrected chi connectivity index (χ0v) is 29.2. The number of ether oxygens (including phenoxy) is 2. The summed E-state index contributed by atoms with van der Waals surface area (Å²) in [5, 5.41) is 4.70. The monoisotopic (exact) mass is 726 g/mol. The normalized spacial score (nSPS) is 12.0. The zero-order valence-electron chi connectivity index (χ0n) is 27.0. The van der Waals surface area contributed by atoms with Gasteiger partial charge in [0.2, 0.25) is 0 Å². The van der Waals surface area contributed by atoms with Gasteiger partial charge in [-0.1, -0.05) is 66.8 Å². The number of esters is 1. The summed E-state index contributed by atoms with van der Waals surface area (Å²) in [6.45, 7) is 4.99. The molecule has 0 bridgehead atoms. The Hall–Kier alpha value is -3.95. The predicted octanol–water partition coefficient (Wildman–Crippen LogP) is 9.46. The summed E-state index contributed by atoms with van der Waals surface area (Å²) in [5.41, 5.74) is 2.47. The minimum atomic E-state index is -0.504. The van der Waals surface area contributed by atoms with Gasteiger partial charge >= 0.3 is 5.97 Å². The molecule has 1 N–H and O–H groups in total. The van der Waals surface area contributed by atoms with Gasteiger partial charge in [0.05, 0.1) is 39.5 Å². The molecule has 0 unspecified atom stereocenters. The van der Waals surface area contributed by atoms with E-state index in [-0.39, 0.29) is 51.5 Å². The third-order valence-corrected chi connectivity index (χ3v) is 8.81. The lowest BCUT2D eigenvalue weighted by Crippen LogP contribution is -2.40. The van der Waals surface area contributed by atoms with Crippen molar-refractivity contribution < 1.29 is 23.0 Å². The first-order chi connectivity index (χ1) is 23.5. The third-order valence-electron chi connectivity index (χ3n) is 7.89. The Labute approximate surface area is 298 Å². The van der Waals surface area contributed by atoms with Gasteiger partial charge in [-0.25, -0.2) is 8.78 Å². The van der Waals surface area contributed by atoms with E-state index in [9.17, 15) is 18.4 Å². The number of hydrogen-bond acceptors (Lipinski definition) is 5. The molecule has 0 spiro atoms. The number of hydrogen-bond donors (Lipinski definition) is 1. The molecule has 0 radical (unpaired) electrons. The summed E-state index contributed by atoms with van der Waals surface area (Å²) >= 11 is 19.6. The lowest BCUT2D eigenvalue weighted by Gasteiger charge is -2.20. The minimum Gasteiger partial charge on any atom is -0.493 e. The summed E-state index contributed by atoms with van der Waals surface area (Å²) in [4.78, 5) is 26.2. The second kappa shape index (κ2) is 16.6. The Bertz CT molecular complexity index is 1980. The molecule has 11 heteroatoms. The Morgan fingerprint density at radius 3 is 2.24 bits per heavy atom. The molecule has 5 aromatic rings. The lowest BCUT2D eigenvalue weighted by molar-refractivity contribution is -0.146. The van der Waals surface area contributed by atoms with E-state index in [0.717, 1.165) is 5.56 Å². The first-order valence-corrected chi connectivity index (χ1v) is 17.0. The highest BCUT2D eigenvalue weighted by Gasteiger charge is 2.21. The summed E-state index contributed by atoms with van der Waals surface area (Å²) in [6, 6.07) is 21.3. The summed E-state index contributed by atoms with van der Waals surface area (Å²) in [7, 11) is 0. The van der Waals surface area contributed by atoms with E-state index < -0.39 is 11.9 Å². The van der Waals surface area contributed by atoms with Gasteiger partial charge in [0, 0.05) is 29.5 Å². The number of para-hydroxylation sites is 1. The molecular formula is C38H35Cl3F2N2O4. The molecule has 1 atom stereocenters. The number of carbonyl (C=O) groups is 1. The third kappa shape index (κ3) is 9.19. The van der Waals surface area contributed by atoms with Crippen molar-refractivity contribution in [3.05, 3.63) is 128 Å². The van der Waals surface area contributed by atoms with E-state index in [2.05, 4.69) is 5.32 Å². The molecule has 6 nitrogen and oxygen atoms in total. The molecule has 0 fully saturated rings. The maximum absolute atomic E-state index is 14.0. The molecule has 49 heavy (non-hydrogen) atoms. The number of halogens is 5. The number of fused-ring (bicyclic) bond motifs is 1. The average molecular weight is 728 g/mol. The summed E-state index contributed by atoms with van der Waals surface area (Å²) in [5.74, 6) is -0.457. The van der Waals surface area contributed by atoms with E-state index in [1.807, 2.05) is 13.8 Å². The highest BCUT2D eigenvalue weighted by Crippen LogP contribution is 2.38. The largest absolute Gasteiger partial charge is 0.493 e. The number of nitrogens with one attached hydrogen (secondary N) is 1. The number of rotatable bonds is 14. The van der Waals surface area contributed by atoms with Crippen LogP contribution in [-0.4, -0.2) is 36.3 Å². The van der Waals surface area contributed by atoms with Gasteiger partial charge in [-0.05, 0) is 91.0 Å². The fourth-order valence-electron chi connectivity index (χ4n) is 5.56. The van der Waals surface area contributed by atoms with Crippen LogP contribution in [0, 0.1) is 17.6 Å². The van der Waals surface area contributed by atoms with Crippen LogP contribution in [0.15, 0.2) is 89.7 Å². The number of nitrogens with zero attached hydrogens (tertiary/aromatic N) is 1. The standard InChI is InChI=1S/C38H35Cl3F2N2O4/c1-23(2)19-34(38(47)49-18-15-24-7-9-25(42)10-8-24)44-16-4-17-48-27-21-30(28-12-11-26(43)20-33(28)41)29-13-14-36(46)45(35(29)22-27)37-31(39)5-3-6-32(37)40/h3,5-14,20-23,34,44H,4,15-19H2,1-2H3/t34-/m0/s1. The van der Waals surface area contributed by atoms with Crippen molar-refractivity contribution in [2.45, 2.75) is 39.2 Å². The van der Waals surface area contributed by atoms with Crippen LogP contribution in [0.3, 0.4) is 0 Å². The van der Waals surface area contributed by atoms with Gasteiger partial charge in [0.15, 0.2) is 0 Å². The second-order valence-electron chi connectivity index (χ2n) is 12.0. The SMILES string of the molecule is CC(C)C[C@H](NCCCOc1cc(-c2ccc(F)cc2Cl)c2ccc(=O)n(-c3c(Cl)cccc3Cl)c2c1)C(=O)OCCc1ccc(F)cc1. The first-order valence-electron chi connectivity index (χ1n) is 15.9. The van der Waals surface area contributed by atoms with Crippen molar-refractivity contribution in [2.75, 3.05) is 19.8 Å². The van der Waals surface area contributed by atoms with Crippen molar-refractivity contribution in [1.29, 1.82) is 0 Å². The summed E-state index contributed by atoms with van der Waals surface area (Å²) < 4.78 is 40.4. The number of carbonyl (C=O) groups excluding carboxylic acids is 1. The number of pyridine rings is 1. The maximum atomic E-state index is 14.0. The topological polar surface area (TPSA) is 69.6 Å². The molecular weight excluding hydrogens is 693 g/mol. The van der Waals surface area contributed by atoms with Crippen LogP contribution in [0.2, 0.25) is 15.1 Å². The Kier molecular flexibility index (Phi) is 12.3. The lowest BCUT2D eigenvalue weighted by atomic mass is 9.99. The first kappa shape index (κ1) is 36.3. The van der Waals surface area contributed by atoms with Crippen LogP contribution >= 0.6 is 34.8 Å². The van der Waals surface area contributed by atoms with E-state index in [4.69, 9.17) is 44.3 Å². The molecule has 0 amide bonds. The van der Waals surface area contributed by atoms with Gasteiger partial charge in [0.25, 0.3) is 5.56 Å². The van der Waals surface area contributed by atoms with E-state index >= 15 is 0 Å². The van der Waals surface area contributed by atoms with Crippen molar-refractivity contribution in [1.82, 2.24) is 9.88 Å². The average Bonchev–Trinajstić information content (AvgIpc) is 3.05. The van der Waals surface area contributed by atoms with Crippen molar-refractivity contribution >= 4 is 51.7 Å². The molecule has 5 rings (SSSR count). The fraction of sp³-hybridized carbons (Fsp3) is 0.263. The van der Waals surface area contributed by atoms with Crippen LogP contribution in [0.1, 0.15) is 32.3 Å². The maximum Gasteiger partial charge on any atom is 0.323 e. The second-order valence-corrected chi connectivity index (χ2v) is 13.2. The molecule has 256 valence electrons. The highest BCUT2D eigenvalue weighted by atomic mass is 35.5. The van der Waals surface area contributed by atoms with Crippen molar-refractivity contribution in [2.24, 2.45) is 5.92 Å². The number of benzene rings is 4.